The normalized spacial score (nSPS) is 10.9. The number of aromatic hydroxyl groups is 1. The fourth-order valence-electron chi connectivity index (χ4n) is 1.78. The number of ether oxygens (including phenoxy) is 1. The first-order valence-corrected chi connectivity index (χ1v) is 6.68. The molecule has 0 aliphatic heterocycles. The summed E-state index contributed by atoms with van der Waals surface area (Å²) in [7, 11) is 1.65. The van der Waals surface area contributed by atoms with Crippen molar-refractivity contribution in [3.05, 3.63) is 58.6 Å². The Morgan fingerprint density at radius 1 is 1.20 bits per heavy atom. The van der Waals surface area contributed by atoms with E-state index in [0.29, 0.717) is 17.1 Å². The van der Waals surface area contributed by atoms with Crippen LogP contribution in [0.4, 0.5) is 0 Å². The van der Waals surface area contributed by atoms with Crippen LogP contribution in [0.3, 0.4) is 0 Å². The zero-order chi connectivity index (χ0) is 14.4. The van der Waals surface area contributed by atoms with E-state index in [9.17, 15) is 5.11 Å². The highest BCUT2D eigenvalue weighted by Crippen LogP contribution is 2.19. The molecular weight excluding hydrogens is 274 g/mol. The van der Waals surface area contributed by atoms with Gasteiger partial charge in [0.2, 0.25) is 0 Å². The molecule has 0 aromatic heterocycles. The van der Waals surface area contributed by atoms with Crippen molar-refractivity contribution in [3.63, 3.8) is 0 Å². The van der Waals surface area contributed by atoms with Crippen molar-refractivity contribution in [1.82, 2.24) is 0 Å². The maximum atomic E-state index is 9.65. The predicted molar refractivity (Wildman–Crippen MR) is 82.3 cm³/mol. The standard InChI is InChI=1S/C16H16ClNO2/c1-20-15-5-2-12(3-6-15)8-9-18-11-13-10-14(17)4-7-16(13)19/h2-7,10-11,19H,8-9H2,1H3. The third-order valence-corrected chi connectivity index (χ3v) is 3.14. The molecule has 0 unspecified atom stereocenters. The van der Waals surface area contributed by atoms with Gasteiger partial charge in [0.15, 0.2) is 0 Å². The quantitative estimate of drug-likeness (QED) is 0.853. The Labute approximate surface area is 123 Å². The average Bonchev–Trinajstić information content (AvgIpc) is 2.47. The fraction of sp³-hybridized carbons (Fsp3) is 0.188. The van der Waals surface area contributed by atoms with Crippen molar-refractivity contribution in [3.8, 4) is 11.5 Å². The number of hydrogen-bond donors (Lipinski definition) is 1. The summed E-state index contributed by atoms with van der Waals surface area (Å²) in [4.78, 5) is 4.31. The van der Waals surface area contributed by atoms with Gasteiger partial charge in [-0.3, -0.25) is 4.99 Å². The second-order valence-corrected chi connectivity index (χ2v) is 4.77. The summed E-state index contributed by atoms with van der Waals surface area (Å²) < 4.78 is 5.11. The van der Waals surface area contributed by atoms with Crippen molar-refractivity contribution in [2.45, 2.75) is 6.42 Å². The Hall–Kier alpha value is -2.00. The number of hydrogen-bond acceptors (Lipinski definition) is 3. The molecule has 0 fully saturated rings. The monoisotopic (exact) mass is 289 g/mol. The van der Waals surface area contributed by atoms with Gasteiger partial charge in [-0.2, -0.15) is 0 Å². The molecule has 1 N–H and O–H groups in total. The molecule has 0 saturated heterocycles. The van der Waals surface area contributed by atoms with E-state index in [-0.39, 0.29) is 5.75 Å². The number of nitrogens with zero attached hydrogens (tertiary/aromatic N) is 1. The van der Waals surface area contributed by atoms with E-state index in [1.54, 1.807) is 31.5 Å². The van der Waals surface area contributed by atoms with Crippen LogP contribution in [0, 0.1) is 0 Å². The molecular formula is C16H16ClNO2. The van der Waals surface area contributed by atoms with Gasteiger partial charge in [-0.15, -0.1) is 0 Å². The molecule has 2 aromatic rings. The summed E-state index contributed by atoms with van der Waals surface area (Å²) >= 11 is 5.87. The summed E-state index contributed by atoms with van der Waals surface area (Å²) in [5, 5.41) is 10.2. The number of aliphatic imine (C=N–C) groups is 1. The van der Waals surface area contributed by atoms with Crippen LogP contribution in [0.5, 0.6) is 11.5 Å². The van der Waals surface area contributed by atoms with Crippen molar-refractivity contribution in [2.75, 3.05) is 13.7 Å². The van der Waals surface area contributed by atoms with E-state index >= 15 is 0 Å². The second kappa shape index (κ2) is 6.96. The highest BCUT2D eigenvalue weighted by Gasteiger charge is 1.98. The number of phenolic OH excluding ortho intramolecular Hbond substituents is 1. The molecule has 3 nitrogen and oxygen atoms in total. The molecule has 0 heterocycles. The lowest BCUT2D eigenvalue weighted by Gasteiger charge is -2.02. The maximum absolute atomic E-state index is 9.65. The zero-order valence-electron chi connectivity index (χ0n) is 11.2. The molecule has 0 aliphatic rings. The number of halogens is 1. The van der Waals surface area contributed by atoms with Gasteiger partial charge in [-0.1, -0.05) is 23.7 Å². The molecule has 0 bridgehead atoms. The number of phenols is 1. The van der Waals surface area contributed by atoms with Crippen LogP contribution in [0.2, 0.25) is 5.02 Å². The van der Waals surface area contributed by atoms with E-state index in [1.165, 1.54) is 5.56 Å². The first kappa shape index (κ1) is 14.4. The second-order valence-electron chi connectivity index (χ2n) is 4.34. The van der Waals surface area contributed by atoms with E-state index in [4.69, 9.17) is 16.3 Å². The van der Waals surface area contributed by atoms with Crippen LogP contribution in [0.1, 0.15) is 11.1 Å². The minimum Gasteiger partial charge on any atom is -0.507 e. The lowest BCUT2D eigenvalue weighted by molar-refractivity contribution is 0.414. The van der Waals surface area contributed by atoms with Crippen LogP contribution in [-0.2, 0) is 6.42 Å². The number of benzene rings is 2. The fourth-order valence-corrected chi connectivity index (χ4v) is 1.96. The van der Waals surface area contributed by atoms with E-state index in [1.807, 2.05) is 24.3 Å². The van der Waals surface area contributed by atoms with Crippen LogP contribution in [-0.4, -0.2) is 25.0 Å². The lowest BCUT2D eigenvalue weighted by atomic mass is 10.1. The molecule has 0 amide bonds. The van der Waals surface area contributed by atoms with Crippen molar-refractivity contribution in [2.24, 2.45) is 4.99 Å². The number of rotatable bonds is 5. The Morgan fingerprint density at radius 2 is 1.95 bits per heavy atom. The summed E-state index contributed by atoms with van der Waals surface area (Å²) in [5.74, 6) is 1.03. The van der Waals surface area contributed by atoms with Crippen molar-refractivity contribution in [1.29, 1.82) is 0 Å². The molecule has 104 valence electrons. The van der Waals surface area contributed by atoms with Crippen LogP contribution >= 0.6 is 11.6 Å². The van der Waals surface area contributed by atoms with E-state index < -0.39 is 0 Å². The smallest absolute Gasteiger partial charge is 0.124 e. The highest BCUT2D eigenvalue weighted by atomic mass is 35.5. The van der Waals surface area contributed by atoms with E-state index in [0.717, 1.165) is 12.2 Å². The van der Waals surface area contributed by atoms with Crippen LogP contribution < -0.4 is 4.74 Å². The first-order chi connectivity index (χ1) is 9.69. The highest BCUT2D eigenvalue weighted by molar-refractivity contribution is 6.30. The molecule has 2 aromatic carbocycles. The van der Waals surface area contributed by atoms with Crippen molar-refractivity contribution < 1.29 is 9.84 Å². The van der Waals surface area contributed by atoms with Crippen molar-refractivity contribution >= 4 is 17.8 Å². The topological polar surface area (TPSA) is 41.8 Å². The third kappa shape index (κ3) is 4.00. The molecule has 2 rings (SSSR count). The molecule has 4 heteroatoms. The molecule has 0 saturated carbocycles. The van der Waals surface area contributed by atoms with E-state index in [2.05, 4.69) is 4.99 Å². The van der Waals surface area contributed by atoms with Gasteiger partial charge in [0.05, 0.1) is 7.11 Å². The molecule has 0 spiro atoms. The Bertz CT molecular complexity index is 594. The predicted octanol–water partition coefficient (Wildman–Crippen LogP) is 3.72. The molecule has 0 aliphatic carbocycles. The van der Waals surface area contributed by atoms with Gasteiger partial charge in [0.25, 0.3) is 0 Å². The largest absolute Gasteiger partial charge is 0.507 e. The van der Waals surface area contributed by atoms with Crippen LogP contribution in [0.25, 0.3) is 0 Å². The Balaban J connectivity index is 1.91. The van der Waals surface area contributed by atoms with Gasteiger partial charge in [-0.05, 0) is 42.3 Å². The van der Waals surface area contributed by atoms with Gasteiger partial charge in [0, 0.05) is 23.3 Å². The summed E-state index contributed by atoms with van der Waals surface area (Å²) in [5.41, 5.74) is 1.82. The van der Waals surface area contributed by atoms with Crippen LogP contribution in [0.15, 0.2) is 47.5 Å². The minimum absolute atomic E-state index is 0.183. The summed E-state index contributed by atoms with van der Waals surface area (Å²) in [6.07, 6.45) is 2.48. The number of methoxy groups -OCH3 is 1. The maximum Gasteiger partial charge on any atom is 0.124 e. The Kier molecular flexibility index (Phi) is 5.02. The SMILES string of the molecule is COc1ccc(CCN=Cc2cc(Cl)ccc2O)cc1. The zero-order valence-corrected chi connectivity index (χ0v) is 12.0. The Morgan fingerprint density at radius 3 is 2.65 bits per heavy atom. The third-order valence-electron chi connectivity index (χ3n) is 2.91. The molecule has 0 radical (unpaired) electrons. The van der Waals surface area contributed by atoms with Gasteiger partial charge in [-0.25, -0.2) is 0 Å². The lowest BCUT2D eigenvalue weighted by Crippen LogP contribution is -1.91. The molecule has 20 heavy (non-hydrogen) atoms. The first-order valence-electron chi connectivity index (χ1n) is 6.30. The molecule has 0 atom stereocenters. The van der Waals surface area contributed by atoms with Gasteiger partial charge < -0.3 is 9.84 Å². The summed E-state index contributed by atoms with van der Waals surface area (Å²) in [6.45, 7) is 0.651. The average molecular weight is 290 g/mol. The van der Waals surface area contributed by atoms with Gasteiger partial charge in [0.1, 0.15) is 11.5 Å². The van der Waals surface area contributed by atoms with Gasteiger partial charge >= 0.3 is 0 Å². The summed E-state index contributed by atoms with van der Waals surface area (Å²) in [6, 6.07) is 12.8. The minimum atomic E-state index is 0.183.